The SMILES string of the molecule is COC(=O)c1ccc(Nc2cc(NCCC(C)C)nc(-c3ccccc3)n2)cc1. The maximum atomic E-state index is 11.6. The Labute approximate surface area is 171 Å². The molecule has 6 nitrogen and oxygen atoms in total. The number of methoxy groups -OCH3 is 1. The van der Waals surface area contributed by atoms with Gasteiger partial charge in [-0.3, -0.25) is 0 Å². The van der Waals surface area contributed by atoms with Crippen molar-refractivity contribution in [2.45, 2.75) is 20.3 Å². The van der Waals surface area contributed by atoms with Gasteiger partial charge in [0.05, 0.1) is 12.7 Å². The molecule has 1 heterocycles. The monoisotopic (exact) mass is 390 g/mol. The minimum Gasteiger partial charge on any atom is -0.465 e. The Morgan fingerprint density at radius 2 is 1.69 bits per heavy atom. The average molecular weight is 390 g/mol. The molecule has 0 radical (unpaired) electrons. The summed E-state index contributed by atoms with van der Waals surface area (Å²) < 4.78 is 4.74. The number of ether oxygens (including phenoxy) is 1. The predicted molar refractivity (Wildman–Crippen MR) is 116 cm³/mol. The number of nitrogens with one attached hydrogen (secondary N) is 2. The number of aromatic nitrogens is 2. The Hall–Kier alpha value is -3.41. The molecule has 3 rings (SSSR count). The van der Waals surface area contributed by atoms with E-state index in [1.807, 2.05) is 48.5 Å². The fraction of sp³-hybridized carbons (Fsp3) is 0.261. The van der Waals surface area contributed by atoms with E-state index in [2.05, 4.69) is 34.4 Å². The fourth-order valence-corrected chi connectivity index (χ4v) is 2.76. The number of benzene rings is 2. The molecule has 1 aromatic heterocycles. The van der Waals surface area contributed by atoms with Crippen molar-refractivity contribution in [3.63, 3.8) is 0 Å². The van der Waals surface area contributed by atoms with Gasteiger partial charge in [-0.25, -0.2) is 14.8 Å². The highest BCUT2D eigenvalue weighted by atomic mass is 16.5. The zero-order valence-corrected chi connectivity index (χ0v) is 17.0. The molecule has 0 fully saturated rings. The Bertz CT molecular complexity index is 941. The van der Waals surface area contributed by atoms with Crippen molar-refractivity contribution in [2.75, 3.05) is 24.3 Å². The summed E-state index contributed by atoms with van der Waals surface area (Å²) in [6.45, 7) is 5.24. The molecule has 0 atom stereocenters. The van der Waals surface area contributed by atoms with Gasteiger partial charge in [0.1, 0.15) is 11.6 Å². The highest BCUT2D eigenvalue weighted by molar-refractivity contribution is 5.89. The molecule has 2 aromatic carbocycles. The lowest BCUT2D eigenvalue weighted by molar-refractivity contribution is 0.0601. The topological polar surface area (TPSA) is 76.1 Å². The number of carbonyl (C=O) groups is 1. The number of anilines is 3. The molecule has 0 aliphatic rings. The molecule has 2 N–H and O–H groups in total. The molecule has 0 aliphatic carbocycles. The molecule has 29 heavy (non-hydrogen) atoms. The molecule has 150 valence electrons. The Morgan fingerprint density at radius 3 is 2.34 bits per heavy atom. The second-order valence-electron chi connectivity index (χ2n) is 7.13. The molecular weight excluding hydrogens is 364 g/mol. The summed E-state index contributed by atoms with van der Waals surface area (Å²) in [4.78, 5) is 20.9. The lowest BCUT2D eigenvalue weighted by Crippen LogP contribution is -2.08. The number of carbonyl (C=O) groups excluding carboxylic acids is 1. The molecule has 6 heteroatoms. The van der Waals surface area contributed by atoms with Crippen molar-refractivity contribution in [3.05, 3.63) is 66.2 Å². The van der Waals surface area contributed by atoms with E-state index in [9.17, 15) is 4.79 Å². The van der Waals surface area contributed by atoms with Crippen molar-refractivity contribution in [2.24, 2.45) is 5.92 Å². The second-order valence-corrected chi connectivity index (χ2v) is 7.13. The van der Waals surface area contributed by atoms with Crippen LogP contribution >= 0.6 is 0 Å². The summed E-state index contributed by atoms with van der Waals surface area (Å²) in [6, 6.07) is 18.9. The van der Waals surface area contributed by atoms with Crippen molar-refractivity contribution in [1.82, 2.24) is 9.97 Å². The number of esters is 1. The number of nitrogens with zero attached hydrogens (tertiary/aromatic N) is 2. The molecule has 0 bridgehead atoms. The standard InChI is InChI=1S/C23H26N4O2/c1-16(2)13-14-24-20-15-21(27-22(26-20)17-7-5-4-6-8-17)25-19-11-9-18(10-12-19)23(28)29-3/h4-12,15-16H,13-14H2,1-3H3,(H2,24,25,26,27). The summed E-state index contributed by atoms with van der Waals surface area (Å²) >= 11 is 0. The minimum atomic E-state index is -0.360. The van der Waals surface area contributed by atoms with Crippen LogP contribution in [0.2, 0.25) is 0 Å². The molecule has 0 saturated heterocycles. The van der Waals surface area contributed by atoms with Crippen LogP contribution in [0.3, 0.4) is 0 Å². The van der Waals surface area contributed by atoms with E-state index in [1.165, 1.54) is 7.11 Å². The summed E-state index contributed by atoms with van der Waals surface area (Å²) in [5.74, 6) is 2.35. The lowest BCUT2D eigenvalue weighted by atomic mass is 10.1. The van der Waals surface area contributed by atoms with E-state index in [0.717, 1.165) is 30.0 Å². The summed E-state index contributed by atoms with van der Waals surface area (Å²) in [7, 11) is 1.37. The molecule has 0 unspecified atom stereocenters. The van der Waals surface area contributed by atoms with E-state index in [1.54, 1.807) is 12.1 Å². The molecule has 3 aromatic rings. The third-order valence-corrected chi connectivity index (χ3v) is 4.36. The summed E-state index contributed by atoms with van der Waals surface area (Å²) in [5, 5.41) is 6.69. The van der Waals surface area contributed by atoms with E-state index in [4.69, 9.17) is 4.74 Å². The first kappa shape index (κ1) is 20.3. The molecular formula is C23H26N4O2. The van der Waals surface area contributed by atoms with Crippen LogP contribution in [0, 0.1) is 5.92 Å². The van der Waals surface area contributed by atoms with Gasteiger partial charge in [0.2, 0.25) is 0 Å². The van der Waals surface area contributed by atoms with Crippen LogP contribution in [0.1, 0.15) is 30.6 Å². The molecule has 0 amide bonds. The average Bonchev–Trinajstić information content (AvgIpc) is 2.74. The molecule has 0 saturated carbocycles. The van der Waals surface area contributed by atoms with Crippen LogP contribution in [-0.2, 0) is 4.74 Å². The molecule has 0 spiro atoms. The number of hydrogen-bond donors (Lipinski definition) is 2. The number of rotatable bonds is 8. The van der Waals surface area contributed by atoms with Crippen molar-refractivity contribution >= 4 is 23.3 Å². The van der Waals surface area contributed by atoms with Gasteiger partial charge in [0, 0.05) is 23.9 Å². The first-order valence-corrected chi connectivity index (χ1v) is 9.69. The van der Waals surface area contributed by atoms with Gasteiger partial charge in [0.25, 0.3) is 0 Å². The molecule has 0 aliphatic heterocycles. The second kappa shape index (κ2) is 9.68. The van der Waals surface area contributed by atoms with Crippen LogP contribution in [-0.4, -0.2) is 29.6 Å². The quantitative estimate of drug-likeness (QED) is 0.519. The Morgan fingerprint density at radius 1 is 1.00 bits per heavy atom. The van der Waals surface area contributed by atoms with Crippen LogP contribution in [0.5, 0.6) is 0 Å². The van der Waals surface area contributed by atoms with Gasteiger partial charge < -0.3 is 15.4 Å². The third kappa shape index (κ3) is 5.78. The predicted octanol–water partition coefficient (Wildman–Crippen LogP) is 5.13. The Balaban J connectivity index is 1.85. The summed E-state index contributed by atoms with van der Waals surface area (Å²) in [6.07, 6.45) is 1.06. The van der Waals surface area contributed by atoms with Gasteiger partial charge in [0.15, 0.2) is 5.82 Å². The van der Waals surface area contributed by atoms with Crippen LogP contribution in [0.25, 0.3) is 11.4 Å². The van der Waals surface area contributed by atoms with Gasteiger partial charge in [-0.05, 0) is 36.6 Å². The fourth-order valence-electron chi connectivity index (χ4n) is 2.76. The third-order valence-electron chi connectivity index (χ3n) is 4.36. The number of hydrogen-bond acceptors (Lipinski definition) is 6. The van der Waals surface area contributed by atoms with Gasteiger partial charge in [-0.2, -0.15) is 0 Å². The first-order valence-electron chi connectivity index (χ1n) is 9.69. The van der Waals surface area contributed by atoms with Gasteiger partial charge >= 0.3 is 5.97 Å². The van der Waals surface area contributed by atoms with Crippen molar-refractivity contribution in [1.29, 1.82) is 0 Å². The lowest BCUT2D eigenvalue weighted by Gasteiger charge is -2.12. The zero-order valence-electron chi connectivity index (χ0n) is 17.0. The van der Waals surface area contributed by atoms with Crippen molar-refractivity contribution in [3.8, 4) is 11.4 Å². The van der Waals surface area contributed by atoms with Gasteiger partial charge in [-0.1, -0.05) is 44.2 Å². The van der Waals surface area contributed by atoms with E-state index in [0.29, 0.717) is 23.1 Å². The van der Waals surface area contributed by atoms with Crippen LogP contribution in [0.4, 0.5) is 17.3 Å². The largest absolute Gasteiger partial charge is 0.465 e. The zero-order chi connectivity index (χ0) is 20.6. The van der Waals surface area contributed by atoms with Crippen LogP contribution in [0.15, 0.2) is 60.7 Å². The Kier molecular flexibility index (Phi) is 6.79. The van der Waals surface area contributed by atoms with E-state index >= 15 is 0 Å². The highest BCUT2D eigenvalue weighted by Crippen LogP contribution is 2.23. The maximum absolute atomic E-state index is 11.6. The maximum Gasteiger partial charge on any atom is 0.337 e. The van der Waals surface area contributed by atoms with Crippen molar-refractivity contribution < 1.29 is 9.53 Å². The normalized spacial score (nSPS) is 10.6. The van der Waals surface area contributed by atoms with E-state index in [-0.39, 0.29) is 5.97 Å². The first-order chi connectivity index (χ1) is 14.0. The van der Waals surface area contributed by atoms with Gasteiger partial charge in [-0.15, -0.1) is 0 Å². The van der Waals surface area contributed by atoms with Crippen LogP contribution < -0.4 is 10.6 Å². The summed E-state index contributed by atoms with van der Waals surface area (Å²) in [5.41, 5.74) is 2.27. The minimum absolute atomic E-state index is 0.360. The van der Waals surface area contributed by atoms with E-state index < -0.39 is 0 Å². The smallest absolute Gasteiger partial charge is 0.337 e. The highest BCUT2D eigenvalue weighted by Gasteiger charge is 2.09.